The molecule has 5 rings (SSSR count). The fourth-order valence-corrected chi connectivity index (χ4v) is 4.50. The molecule has 35 heavy (non-hydrogen) atoms. The van der Waals surface area contributed by atoms with Crippen LogP contribution in [0.5, 0.6) is 6.01 Å². The maximum Gasteiger partial charge on any atom is 0.322 e. The average Bonchev–Trinajstić information content (AvgIpc) is 3.30. The average molecular weight is 482 g/mol. The molecule has 5 heterocycles. The normalized spacial score (nSPS) is 17.8. The van der Waals surface area contributed by atoms with Gasteiger partial charge in [0.05, 0.1) is 19.8 Å². The van der Waals surface area contributed by atoms with Crippen molar-refractivity contribution in [3.05, 3.63) is 35.9 Å². The summed E-state index contributed by atoms with van der Waals surface area (Å²) in [6.07, 6.45) is 5.74. The monoisotopic (exact) mass is 481 g/mol. The van der Waals surface area contributed by atoms with E-state index in [9.17, 15) is 4.79 Å². The van der Waals surface area contributed by atoms with Gasteiger partial charge < -0.3 is 29.4 Å². The summed E-state index contributed by atoms with van der Waals surface area (Å²) < 4.78 is 16.0. The lowest BCUT2D eigenvalue weighted by molar-refractivity contribution is -0.0978. The predicted molar refractivity (Wildman–Crippen MR) is 129 cm³/mol. The Balaban J connectivity index is 1.30. The third-order valence-electron chi connectivity index (χ3n) is 6.60. The molecule has 2 aliphatic rings. The van der Waals surface area contributed by atoms with Crippen molar-refractivity contribution in [2.75, 3.05) is 58.1 Å². The molecular weight excluding hydrogens is 450 g/mol. The number of hydrogen-bond acceptors (Lipinski definition) is 9. The number of amides is 1. The first-order chi connectivity index (χ1) is 17.0. The number of nitrogens with zero attached hydrogens (tertiary/aromatic N) is 5. The van der Waals surface area contributed by atoms with E-state index in [-0.39, 0.29) is 29.8 Å². The number of pyridine rings is 1. The summed E-state index contributed by atoms with van der Waals surface area (Å²) in [5.74, 6) is 0.571. The third kappa shape index (κ3) is 5.20. The van der Waals surface area contributed by atoms with Crippen LogP contribution >= 0.6 is 0 Å². The molecule has 0 atom stereocenters. The van der Waals surface area contributed by atoms with E-state index in [1.54, 1.807) is 13.3 Å². The lowest BCUT2D eigenvalue weighted by atomic mass is 9.89. The maximum atomic E-state index is 12.9. The zero-order valence-electron chi connectivity index (χ0n) is 20.1. The minimum atomic E-state index is -0.348. The minimum absolute atomic E-state index is 0.0519. The highest BCUT2D eigenvalue weighted by Gasteiger charge is 2.34. The van der Waals surface area contributed by atoms with Gasteiger partial charge in [-0.15, -0.1) is 0 Å². The third-order valence-corrected chi connectivity index (χ3v) is 6.60. The second-order valence-corrected chi connectivity index (χ2v) is 9.47. The van der Waals surface area contributed by atoms with E-state index >= 15 is 0 Å². The number of carbonyl (C=O) groups is 1. The Morgan fingerprint density at radius 3 is 2.83 bits per heavy atom. The topological polar surface area (TPSA) is 127 Å². The number of fused-ring (bicyclic) bond motifs is 1. The largest absolute Gasteiger partial charge is 0.461 e. The first kappa shape index (κ1) is 23.4. The number of anilines is 1. The highest BCUT2D eigenvalue weighted by molar-refractivity contribution is 5.90. The Hall–Kier alpha value is -3.31. The summed E-state index contributed by atoms with van der Waals surface area (Å²) >= 11 is 0. The van der Waals surface area contributed by atoms with Crippen LogP contribution in [-0.2, 0) is 9.47 Å². The highest BCUT2D eigenvalue weighted by atomic mass is 16.5. The molecule has 2 saturated heterocycles. The van der Waals surface area contributed by atoms with Crippen molar-refractivity contribution < 1.29 is 19.0 Å². The van der Waals surface area contributed by atoms with E-state index < -0.39 is 0 Å². The summed E-state index contributed by atoms with van der Waals surface area (Å²) in [5, 5.41) is 4.10. The minimum Gasteiger partial charge on any atom is -0.461 e. The molecule has 0 unspecified atom stereocenters. The van der Waals surface area contributed by atoms with Crippen LogP contribution in [-0.4, -0.2) is 84.0 Å². The van der Waals surface area contributed by atoms with Gasteiger partial charge in [0.1, 0.15) is 12.3 Å². The van der Waals surface area contributed by atoms with Crippen molar-refractivity contribution in [2.24, 2.45) is 5.41 Å². The quantitative estimate of drug-likeness (QED) is 0.441. The molecule has 2 fully saturated rings. The Kier molecular flexibility index (Phi) is 6.78. The van der Waals surface area contributed by atoms with Gasteiger partial charge in [0.15, 0.2) is 0 Å². The molecule has 186 valence electrons. The molecule has 2 N–H and O–H groups in total. The Morgan fingerprint density at radius 2 is 2.09 bits per heavy atom. The molecule has 1 amide bonds. The van der Waals surface area contributed by atoms with Gasteiger partial charge in [0.25, 0.3) is 5.91 Å². The van der Waals surface area contributed by atoms with Crippen LogP contribution in [0.4, 0.5) is 5.95 Å². The number of nitrogens with one attached hydrogen (secondary N) is 2. The van der Waals surface area contributed by atoms with Crippen LogP contribution in [0.15, 0.2) is 24.5 Å². The van der Waals surface area contributed by atoms with E-state index in [4.69, 9.17) is 14.2 Å². The van der Waals surface area contributed by atoms with E-state index in [0.29, 0.717) is 38.2 Å². The number of rotatable bonds is 9. The van der Waals surface area contributed by atoms with E-state index in [2.05, 4.69) is 54.3 Å². The summed E-state index contributed by atoms with van der Waals surface area (Å²) in [7, 11) is 1.60. The summed E-state index contributed by atoms with van der Waals surface area (Å²) in [6, 6.07) is 4.20. The van der Waals surface area contributed by atoms with Gasteiger partial charge >= 0.3 is 6.01 Å². The zero-order chi connectivity index (χ0) is 24.3. The SMILES string of the molecule is COCCOc1nc(C(=O)NCC2(C)COC2)nc(N2CCC(c3c[nH]c4ncccc34)CC2)n1. The standard InChI is InChI=1S/C24H31N7O4/c1-24(14-34-15-24)13-27-21(32)20-28-22(30-23(29-20)35-11-10-33-2)31-8-5-16(6-9-31)18-12-26-19-17(18)4-3-7-25-19/h3-4,7,12,16H,5-6,8-11,13-15H2,1-2H3,(H,25,26)(H,27,32). The molecule has 11 heteroatoms. The van der Waals surface area contributed by atoms with Gasteiger partial charge in [0.2, 0.25) is 11.8 Å². The molecule has 0 bridgehead atoms. The first-order valence-electron chi connectivity index (χ1n) is 12.0. The van der Waals surface area contributed by atoms with Crippen LogP contribution in [0.1, 0.15) is 41.9 Å². The molecule has 0 saturated carbocycles. The van der Waals surface area contributed by atoms with Crippen molar-refractivity contribution >= 4 is 22.9 Å². The van der Waals surface area contributed by atoms with Crippen LogP contribution < -0.4 is 15.0 Å². The maximum absolute atomic E-state index is 12.9. The number of aromatic amines is 1. The molecule has 0 spiro atoms. The van der Waals surface area contributed by atoms with E-state index in [0.717, 1.165) is 31.6 Å². The van der Waals surface area contributed by atoms with Gasteiger partial charge in [-0.25, -0.2) is 4.98 Å². The van der Waals surface area contributed by atoms with Gasteiger partial charge in [-0.05, 0) is 36.5 Å². The van der Waals surface area contributed by atoms with Crippen molar-refractivity contribution in [1.82, 2.24) is 30.2 Å². The Labute approximate surface area is 203 Å². The molecule has 0 aliphatic carbocycles. The summed E-state index contributed by atoms with van der Waals surface area (Å²) in [4.78, 5) is 35.9. The number of hydrogen-bond donors (Lipinski definition) is 2. The van der Waals surface area contributed by atoms with Crippen molar-refractivity contribution in [2.45, 2.75) is 25.7 Å². The van der Waals surface area contributed by atoms with Crippen LogP contribution in [0, 0.1) is 5.41 Å². The molecule has 0 radical (unpaired) electrons. The molecule has 3 aromatic heterocycles. The molecule has 0 aromatic carbocycles. The summed E-state index contributed by atoms with van der Waals surface area (Å²) in [5.41, 5.74) is 2.15. The van der Waals surface area contributed by atoms with Gasteiger partial charge in [0, 0.05) is 49.9 Å². The fraction of sp³-hybridized carbons (Fsp3) is 0.542. The first-order valence-corrected chi connectivity index (χ1v) is 12.0. The van der Waals surface area contributed by atoms with Crippen molar-refractivity contribution in [1.29, 1.82) is 0 Å². The van der Waals surface area contributed by atoms with Gasteiger partial charge in [-0.2, -0.15) is 15.0 Å². The lowest BCUT2D eigenvalue weighted by Crippen LogP contribution is -2.48. The predicted octanol–water partition coefficient (Wildman–Crippen LogP) is 1.92. The van der Waals surface area contributed by atoms with Crippen LogP contribution in [0.2, 0.25) is 0 Å². The number of piperidine rings is 1. The number of aromatic nitrogens is 5. The van der Waals surface area contributed by atoms with Crippen LogP contribution in [0.25, 0.3) is 11.0 Å². The lowest BCUT2D eigenvalue weighted by Gasteiger charge is -2.37. The molecule has 11 nitrogen and oxygen atoms in total. The van der Waals surface area contributed by atoms with Gasteiger partial charge in [-0.3, -0.25) is 4.79 Å². The number of methoxy groups -OCH3 is 1. The number of ether oxygens (including phenoxy) is 3. The Bertz CT molecular complexity index is 1170. The van der Waals surface area contributed by atoms with Crippen molar-refractivity contribution in [3.8, 4) is 6.01 Å². The number of H-pyrrole nitrogens is 1. The van der Waals surface area contributed by atoms with Crippen LogP contribution in [0.3, 0.4) is 0 Å². The molecule has 3 aromatic rings. The summed E-state index contributed by atoms with van der Waals surface area (Å²) in [6.45, 7) is 6.02. The smallest absolute Gasteiger partial charge is 0.322 e. The van der Waals surface area contributed by atoms with Crippen molar-refractivity contribution in [3.63, 3.8) is 0 Å². The van der Waals surface area contributed by atoms with Gasteiger partial charge in [-0.1, -0.05) is 6.92 Å². The molecule has 2 aliphatic heterocycles. The van der Waals surface area contributed by atoms with E-state index in [1.165, 1.54) is 10.9 Å². The fourth-order valence-electron chi connectivity index (χ4n) is 4.50. The highest BCUT2D eigenvalue weighted by Crippen LogP contribution is 2.33. The Morgan fingerprint density at radius 1 is 1.26 bits per heavy atom. The number of carbonyl (C=O) groups excluding carboxylic acids is 1. The second kappa shape index (κ2) is 10.1. The molecular formula is C24H31N7O4. The van der Waals surface area contributed by atoms with E-state index in [1.807, 2.05) is 6.07 Å². The zero-order valence-corrected chi connectivity index (χ0v) is 20.1. The second-order valence-electron chi connectivity index (χ2n) is 9.47.